The van der Waals surface area contributed by atoms with E-state index in [0.29, 0.717) is 5.92 Å². The van der Waals surface area contributed by atoms with E-state index in [9.17, 15) is 0 Å². The van der Waals surface area contributed by atoms with Crippen LogP contribution in [-0.2, 0) is 11.3 Å². The molecular weight excluding hydrogens is 202 g/mol. The van der Waals surface area contributed by atoms with Gasteiger partial charge in [-0.05, 0) is 12.8 Å². The van der Waals surface area contributed by atoms with E-state index in [1.807, 2.05) is 6.92 Å². The SMILES string of the molecule is Cc1cnc(CNCCOCC(C)C)cn1. The normalized spacial score (nSPS) is 11.0. The molecule has 0 saturated carbocycles. The average molecular weight is 223 g/mol. The molecule has 0 spiro atoms. The molecule has 0 aliphatic rings. The molecule has 90 valence electrons. The van der Waals surface area contributed by atoms with Crippen molar-refractivity contribution in [2.24, 2.45) is 5.92 Å². The van der Waals surface area contributed by atoms with Gasteiger partial charge in [0.05, 0.1) is 18.0 Å². The number of hydrogen-bond donors (Lipinski definition) is 1. The first-order valence-corrected chi connectivity index (χ1v) is 5.74. The van der Waals surface area contributed by atoms with E-state index in [4.69, 9.17) is 4.74 Å². The first kappa shape index (κ1) is 13.1. The molecule has 4 heteroatoms. The molecule has 4 nitrogen and oxygen atoms in total. The van der Waals surface area contributed by atoms with E-state index < -0.39 is 0 Å². The summed E-state index contributed by atoms with van der Waals surface area (Å²) in [6, 6.07) is 0. The molecule has 0 aliphatic heterocycles. The third-order valence-corrected chi connectivity index (χ3v) is 2.01. The zero-order chi connectivity index (χ0) is 11.8. The Morgan fingerprint density at radius 3 is 2.75 bits per heavy atom. The fourth-order valence-electron chi connectivity index (χ4n) is 1.19. The molecule has 0 fully saturated rings. The second-order valence-electron chi connectivity index (χ2n) is 4.29. The Labute approximate surface area is 97.5 Å². The van der Waals surface area contributed by atoms with Crippen LogP contribution in [0, 0.1) is 12.8 Å². The number of ether oxygens (including phenoxy) is 1. The Hall–Kier alpha value is -1.00. The summed E-state index contributed by atoms with van der Waals surface area (Å²) in [6.45, 7) is 9.40. The summed E-state index contributed by atoms with van der Waals surface area (Å²) in [7, 11) is 0. The fraction of sp³-hybridized carbons (Fsp3) is 0.667. The molecule has 0 amide bonds. The topological polar surface area (TPSA) is 47.0 Å². The maximum absolute atomic E-state index is 5.45. The molecule has 1 rings (SSSR count). The van der Waals surface area contributed by atoms with Crippen molar-refractivity contribution < 1.29 is 4.74 Å². The summed E-state index contributed by atoms with van der Waals surface area (Å²) in [5, 5.41) is 3.27. The van der Waals surface area contributed by atoms with Crippen LogP contribution in [0.15, 0.2) is 12.4 Å². The number of aromatic nitrogens is 2. The Balaban J connectivity index is 2.05. The number of aryl methyl sites for hydroxylation is 1. The quantitative estimate of drug-likeness (QED) is 0.712. The standard InChI is InChI=1S/C12H21N3O/c1-10(2)9-16-5-4-13-7-12-8-14-11(3)6-15-12/h6,8,10,13H,4-5,7,9H2,1-3H3. The Morgan fingerprint density at radius 2 is 2.12 bits per heavy atom. The fourth-order valence-corrected chi connectivity index (χ4v) is 1.19. The third kappa shape index (κ3) is 5.78. The molecular formula is C12H21N3O. The molecule has 16 heavy (non-hydrogen) atoms. The summed E-state index contributed by atoms with van der Waals surface area (Å²) in [4.78, 5) is 8.44. The average Bonchev–Trinajstić information content (AvgIpc) is 2.25. The maximum Gasteiger partial charge on any atom is 0.0724 e. The van der Waals surface area contributed by atoms with Gasteiger partial charge in [0.2, 0.25) is 0 Å². The zero-order valence-electron chi connectivity index (χ0n) is 10.4. The van der Waals surface area contributed by atoms with E-state index in [1.165, 1.54) is 0 Å². The van der Waals surface area contributed by atoms with Gasteiger partial charge < -0.3 is 10.1 Å². The van der Waals surface area contributed by atoms with Gasteiger partial charge in [-0.2, -0.15) is 0 Å². The second kappa shape index (κ2) is 7.30. The second-order valence-corrected chi connectivity index (χ2v) is 4.29. The first-order chi connectivity index (χ1) is 7.68. The lowest BCUT2D eigenvalue weighted by Crippen LogP contribution is -2.20. The number of rotatable bonds is 7. The Bertz CT molecular complexity index is 285. The number of hydrogen-bond acceptors (Lipinski definition) is 4. The van der Waals surface area contributed by atoms with Gasteiger partial charge in [-0.1, -0.05) is 13.8 Å². The van der Waals surface area contributed by atoms with Crippen molar-refractivity contribution in [3.8, 4) is 0 Å². The van der Waals surface area contributed by atoms with Gasteiger partial charge in [0.1, 0.15) is 0 Å². The highest BCUT2D eigenvalue weighted by molar-refractivity contribution is 4.99. The lowest BCUT2D eigenvalue weighted by atomic mass is 10.2. The van der Waals surface area contributed by atoms with E-state index in [-0.39, 0.29) is 0 Å². The van der Waals surface area contributed by atoms with Crippen molar-refractivity contribution in [3.05, 3.63) is 23.8 Å². The first-order valence-electron chi connectivity index (χ1n) is 5.74. The van der Waals surface area contributed by atoms with Crippen LogP contribution in [-0.4, -0.2) is 29.7 Å². The van der Waals surface area contributed by atoms with Crippen molar-refractivity contribution in [2.75, 3.05) is 19.8 Å². The van der Waals surface area contributed by atoms with Crippen molar-refractivity contribution in [3.63, 3.8) is 0 Å². The largest absolute Gasteiger partial charge is 0.380 e. The van der Waals surface area contributed by atoms with E-state index in [1.54, 1.807) is 12.4 Å². The summed E-state index contributed by atoms with van der Waals surface area (Å²) in [5.41, 5.74) is 1.92. The van der Waals surface area contributed by atoms with Crippen molar-refractivity contribution >= 4 is 0 Å². The molecule has 0 aromatic carbocycles. The van der Waals surface area contributed by atoms with Crippen LogP contribution < -0.4 is 5.32 Å². The highest BCUT2D eigenvalue weighted by Gasteiger charge is 1.96. The monoisotopic (exact) mass is 223 g/mol. The smallest absolute Gasteiger partial charge is 0.0724 e. The summed E-state index contributed by atoms with van der Waals surface area (Å²) in [6.07, 6.45) is 3.59. The Kier molecular flexibility index (Phi) is 5.96. The molecule has 1 aromatic rings. The van der Waals surface area contributed by atoms with Crippen LogP contribution >= 0.6 is 0 Å². The molecule has 0 bridgehead atoms. The van der Waals surface area contributed by atoms with Crippen molar-refractivity contribution in [1.82, 2.24) is 15.3 Å². The number of nitrogens with one attached hydrogen (secondary N) is 1. The summed E-state index contributed by atoms with van der Waals surface area (Å²) >= 11 is 0. The molecule has 1 heterocycles. The molecule has 1 aromatic heterocycles. The molecule has 1 N–H and O–H groups in total. The lowest BCUT2D eigenvalue weighted by Gasteiger charge is -2.07. The predicted molar refractivity (Wildman–Crippen MR) is 64.1 cm³/mol. The maximum atomic E-state index is 5.45. The van der Waals surface area contributed by atoms with Gasteiger partial charge in [-0.15, -0.1) is 0 Å². The molecule has 0 unspecified atom stereocenters. The van der Waals surface area contributed by atoms with E-state index in [2.05, 4.69) is 29.1 Å². The van der Waals surface area contributed by atoms with Gasteiger partial charge in [-0.3, -0.25) is 9.97 Å². The summed E-state index contributed by atoms with van der Waals surface area (Å²) < 4.78 is 5.45. The van der Waals surface area contributed by atoms with Gasteiger partial charge >= 0.3 is 0 Å². The minimum absolute atomic E-state index is 0.600. The minimum Gasteiger partial charge on any atom is -0.380 e. The van der Waals surface area contributed by atoms with E-state index in [0.717, 1.165) is 37.7 Å². The third-order valence-electron chi connectivity index (χ3n) is 2.01. The molecule has 0 aliphatic carbocycles. The van der Waals surface area contributed by atoms with Crippen LogP contribution in [0.25, 0.3) is 0 Å². The van der Waals surface area contributed by atoms with Gasteiger partial charge in [0.25, 0.3) is 0 Å². The zero-order valence-corrected chi connectivity index (χ0v) is 10.4. The Morgan fingerprint density at radius 1 is 1.31 bits per heavy atom. The predicted octanol–water partition coefficient (Wildman–Crippen LogP) is 1.55. The lowest BCUT2D eigenvalue weighted by molar-refractivity contribution is 0.111. The van der Waals surface area contributed by atoms with Crippen LogP contribution in [0.3, 0.4) is 0 Å². The van der Waals surface area contributed by atoms with Crippen LogP contribution in [0.1, 0.15) is 25.2 Å². The van der Waals surface area contributed by atoms with Gasteiger partial charge in [0, 0.05) is 32.1 Å². The van der Waals surface area contributed by atoms with Crippen LogP contribution in [0.4, 0.5) is 0 Å². The van der Waals surface area contributed by atoms with Gasteiger partial charge in [-0.25, -0.2) is 0 Å². The van der Waals surface area contributed by atoms with Crippen LogP contribution in [0.2, 0.25) is 0 Å². The molecule has 0 saturated heterocycles. The highest BCUT2D eigenvalue weighted by Crippen LogP contribution is 1.93. The highest BCUT2D eigenvalue weighted by atomic mass is 16.5. The molecule has 0 atom stereocenters. The number of nitrogens with zero attached hydrogens (tertiary/aromatic N) is 2. The summed E-state index contributed by atoms with van der Waals surface area (Å²) in [5.74, 6) is 0.600. The van der Waals surface area contributed by atoms with Crippen molar-refractivity contribution in [2.45, 2.75) is 27.3 Å². The molecule has 0 radical (unpaired) electrons. The van der Waals surface area contributed by atoms with Crippen LogP contribution in [0.5, 0.6) is 0 Å². The van der Waals surface area contributed by atoms with Crippen molar-refractivity contribution in [1.29, 1.82) is 0 Å². The minimum atomic E-state index is 0.600. The van der Waals surface area contributed by atoms with Gasteiger partial charge in [0.15, 0.2) is 0 Å². The van der Waals surface area contributed by atoms with E-state index >= 15 is 0 Å².